The lowest BCUT2D eigenvalue weighted by Crippen LogP contribution is -2.52. The van der Waals surface area contributed by atoms with Crippen molar-refractivity contribution in [2.24, 2.45) is 11.3 Å². The predicted octanol–water partition coefficient (Wildman–Crippen LogP) is 3.28. The van der Waals surface area contributed by atoms with Gasteiger partial charge in [0.25, 0.3) is 0 Å². The number of para-hydroxylation sites is 1. The Morgan fingerprint density at radius 2 is 1.79 bits per heavy atom. The van der Waals surface area contributed by atoms with Gasteiger partial charge in [-0.3, -0.25) is 4.79 Å². The fourth-order valence-electron chi connectivity index (χ4n) is 5.26. The van der Waals surface area contributed by atoms with Crippen molar-refractivity contribution in [3.05, 3.63) is 18.2 Å². The first-order chi connectivity index (χ1) is 13.7. The summed E-state index contributed by atoms with van der Waals surface area (Å²) in [5.41, 5.74) is -0.155. The quantitative estimate of drug-likeness (QED) is 0.786. The molecule has 1 aliphatic carbocycles. The lowest BCUT2D eigenvalue weighted by molar-refractivity contribution is -0.147. The number of hydrogen-bond acceptors (Lipinski definition) is 5. The fraction of sp³-hybridized carbons (Fsp3) is 0.682. The molecule has 0 bridgehead atoms. The minimum Gasteiger partial charge on any atom is -0.493 e. The average Bonchev–Trinajstić information content (AvgIpc) is 3.19. The van der Waals surface area contributed by atoms with E-state index >= 15 is 0 Å². The lowest BCUT2D eigenvalue weighted by Gasteiger charge is -2.43. The Labute approximate surface area is 179 Å². The monoisotopic (exact) mass is 424 g/mol. The van der Waals surface area contributed by atoms with E-state index in [2.05, 4.69) is 10.2 Å². The number of carbonyl (C=O) groups is 1. The molecule has 2 atom stereocenters. The number of fused-ring (bicyclic) bond motifs is 1. The van der Waals surface area contributed by atoms with E-state index in [4.69, 9.17) is 14.2 Å². The summed E-state index contributed by atoms with van der Waals surface area (Å²) < 4.78 is 17.1. The highest BCUT2D eigenvalue weighted by molar-refractivity contribution is 5.85. The molecule has 0 spiro atoms. The largest absolute Gasteiger partial charge is 0.493 e. The van der Waals surface area contributed by atoms with E-state index in [1.165, 1.54) is 19.3 Å². The van der Waals surface area contributed by atoms with Crippen molar-refractivity contribution < 1.29 is 19.0 Å². The van der Waals surface area contributed by atoms with Crippen LogP contribution in [0.15, 0.2) is 18.2 Å². The Morgan fingerprint density at radius 1 is 1.10 bits per heavy atom. The van der Waals surface area contributed by atoms with Crippen LogP contribution < -0.4 is 19.5 Å². The van der Waals surface area contributed by atoms with E-state index in [9.17, 15) is 4.79 Å². The summed E-state index contributed by atoms with van der Waals surface area (Å²) in [5.74, 6) is 2.90. The number of nitrogens with one attached hydrogen (secondary N) is 1. The number of benzene rings is 1. The number of methoxy groups -OCH3 is 2. The van der Waals surface area contributed by atoms with Crippen LogP contribution in [0.5, 0.6) is 17.2 Å². The Balaban J connectivity index is 0.00000240. The van der Waals surface area contributed by atoms with Crippen molar-refractivity contribution in [1.82, 2.24) is 10.2 Å². The first kappa shape index (κ1) is 22.0. The summed E-state index contributed by atoms with van der Waals surface area (Å²) in [6, 6.07) is 5.65. The second kappa shape index (κ2) is 9.43. The number of halogens is 1. The molecule has 2 heterocycles. The second-order valence-electron chi connectivity index (χ2n) is 8.33. The van der Waals surface area contributed by atoms with Crippen LogP contribution in [0, 0.1) is 11.3 Å². The number of rotatable bonds is 5. The number of amides is 1. The molecule has 4 rings (SSSR count). The molecule has 1 N–H and O–H groups in total. The third-order valence-corrected chi connectivity index (χ3v) is 6.86. The summed E-state index contributed by atoms with van der Waals surface area (Å²) in [4.78, 5) is 15.5. The zero-order chi connectivity index (χ0) is 19.6. The van der Waals surface area contributed by atoms with Gasteiger partial charge in [-0.1, -0.05) is 18.9 Å². The van der Waals surface area contributed by atoms with Crippen LogP contribution in [0.25, 0.3) is 0 Å². The van der Waals surface area contributed by atoms with E-state index in [0.717, 1.165) is 45.4 Å². The first-order valence-electron chi connectivity index (χ1n) is 10.6. The van der Waals surface area contributed by atoms with Crippen LogP contribution in [0.3, 0.4) is 0 Å². The molecule has 7 heteroatoms. The molecule has 2 saturated heterocycles. The lowest BCUT2D eigenvalue weighted by atomic mass is 9.67. The normalized spacial score (nSPS) is 27.0. The van der Waals surface area contributed by atoms with Gasteiger partial charge in [0.15, 0.2) is 11.5 Å². The van der Waals surface area contributed by atoms with Crippen LogP contribution >= 0.6 is 12.4 Å². The van der Waals surface area contributed by atoms with Crippen LogP contribution in [0.4, 0.5) is 0 Å². The standard InChI is InChI=1S/C22H32N2O4.ClH/c1-26-18-7-5-8-19(27-2)20(18)28-17-9-12-24(13-10-17)21(25)22-11-4-3-6-16(22)14-23-15-22;/h5,7-8,16-17,23H,3-4,6,9-15H2,1-2H3;1H/t16-,22+;/m0./s1. The molecule has 3 aliphatic rings. The summed E-state index contributed by atoms with van der Waals surface area (Å²) in [6.45, 7) is 3.37. The molecule has 3 fully saturated rings. The SMILES string of the molecule is COc1cccc(OC)c1OC1CCN(C(=O)[C@@]23CCCC[C@H]2CNC3)CC1.Cl. The van der Waals surface area contributed by atoms with Gasteiger partial charge >= 0.3 is 0 Å². The molecule has 1 amide bonds. The minimum absolute atomic E-state index is 0. The number of nitrogens with zero attached hydrogens (tertiary/aromatic N) is 1. The van der Waals surface area contributed by atoms with Crippen LogP contribution in [0.2, 0.25) is 0 Å². The summed E-state index contributed by atoms with van der Waals surface area (Å²) in [5, 5.41) is 3.49. The molecule has 29 heavy (non-hydrogen) atoms. The van der Waals surface area contributed by atoms with Gasteiger partial charge in [0.1, 0.15) is 6.10 Å². The zero-order valence-electron chi connectivity index (χ0n) is 17.4. The molecule has 0 unspecified atom stereocenters. The van der Waals surface area contributed by atoms with E-state index in [0.29, 0.717) is 29.1 Å². The number of carbonyl (C=O) groups excluding carboxylic acids is 1. The molecule has 162 valence electrons. The maximum Gasteiger partial charge on any atom is 0.230 e. The number of likely N-dealkylation sites (tertiary alicyclic amines) is 1. The summed E-state index contributed by atoms with van der Waals surface area (Å²) in [7, 11) is 3.27. The first-order valence-corrected chi connectivity index (χ1v) is 10.6. The van der Waals surface area contributed by atoms with Gasteiger partial charge in [-0.15, -0.1) is 12.4 Å². The molecule has 1 aromatic carbocycles. The Hall–Kier alpha value is -1.66. The van der Waals surface area contributed by atoms with Crippen molar-refractivity contribution in [1.29, 1.82) is 0 Å². The highest BCUT2D eigenvalue weighted by Gasteiger charge is 2.51. The van der Waals surface area contributed by atoms with Gasteiger partial charge in [0.05, 0.1) is 19.6 Å². The van der Waals surface area contributed by atoms with Crippen LogP contribution in [0.1, 0.15) is 38.5 Å². The highest BCUT2D eigenvalue weighted by atomic mass is 35.5. The predicted molar refractivity (Wildman–Crippen MR) is 114 cm³/mol. The highest BCUT2D eigenvalue weighted by Crippen LogP contribution is 2.45. The maximum atomic E-state index is 13.4. The van der Waals surface area contributed by atoms with Gasteiger partial charge in [-0.25, -0.2) is 0 Å². The number of piperidine rings is 1. The molecule has 6 nitrogen and oxygen atoms in total. The van der Waals surface area contributed by atoms with Gasteiger partial charge in [-0.05, 0) is 37.4 Å². The zero-order valence-corrected chi connectivity index (χ0v) is 18.3. The van der Waals surface area contributed by atoms with Crippen molar-refractivity contribution >= 4 is 18.3 Å². The summed E-state index contributed by atoms with van der Waals surface area (Å²) >= 11 is 0. The van der Waals surface area contributed by atoms with E-state index in [1.807, 2.05) is 18.2 Å². The number of ether oxygens (including phenoxy) is 3. The Kier molecular flexibility index (Phi) is 7.17. The third-order valence-electron chi connectivity index (χ3n) is 6.86. The van der Waals surface area contributed by atoms with Crippen molar-refractivity contribution in [3.63, 3.8) is 0 Å². The topological polar surface area (TPSA) is 60.0 Å². The molecule has 2 aliphatic heterocycles. The minimum atomic E-state index is -0.155. The van der Waals surface area contributed by atoms with Crippen LogP contribution in [-0.4, -0.2) is 57.3 Å². The Morgan fingerprint density at radius 3 is 2.45 bits per heavy atom. The fourth-order valence-corrected chi connectivity index (χ4v) is 5.26. The molecule has 0 aromatic heterocycles. The van der Waals surface area contributed by atoms with Gasteiger partial charge in [-0.2, -0.15) is 0 Å². The van der Waals surface area contributed by atoms with E-state index < -0.39 is 0 Å². The molecule has 1 saturated carbocycles. The molecular formula is C22H33ClN2O4. The van der Waals surface area contributed by atoms with Crippen molar-refractivity contribution in [2.45, 2.75) is 44.6 Å². The van der Waals surface area contributed by atoms with Gasteiger partial charge in [0, 0.05) is 32.5 Å². The number of hydrogen-bond donors (Lipinski definition) is 1. The molecule has 1 aromatic rings. The van der Waals surface area contributed by atoms with Gasteiger partial charge < -0.3 is 24.4 Å². The second-order valence-corrected chi connectivity index (χ2v) is 8.33. The molecular weight excluding hydrogens is 392 g/mol. The average molecular weight is 425 g/mol. The smallest absolute Gasteiger partial charge is 0.230 e. The van der Waals surface area contributed by atoms with Gasteiger partial charge in [0.2, 0.25) is 11.7 Å². The van der Waals surface area contributed by atoms with Crippen molar-refractivity contribution in [3.8, 4) is 17.2 Å². The summed E-state index contributed by atoms with van der Waals surface area (Å²) in [6.07, 6.45) is 6.40. The molecule has 0 radical (unpaired) electrons. The van der Waals surface area contributed by atoms with E-state index in [-0.39, 0.29) is 23.9 Å². The van der Waals surface area contributed by atoms with E-state index in [1.54, 1.807) is 14.2 Å². The Bertz CT molecular complexity index is 686. The maximum absolute atomic E-state index is 13.4. The van der Waals surface area contributed by atoms with Crippen molar-refractivity contribution in [2.75, 3.05) is 40.4 Å². The third kappa shape index (κ3) is 4.15. The van der Waals surface area contributed by atoms with Crippen LogP contribution in [-0.2, 0) is 4.79 Å².